The molecule has 0 bridgehead atoms. The molecule has 0 radical (unpaired) electrons. The predicted molar refractivity (Wildman–Crippen MR) is 97.7 cm³/mol. The van der Waals surface area contributed by atoms with E-state index in [1.807, 2.05) is 32.0 Å². The quantitative estimate of drug-likeness (QED) is 0.820. The first-order chi connectivity index (χ1) is 11.3. The first-order valence-corrected chi connectivity index (χ1v) is 10.5. The third-order valence-corrected chi connectivity index (χ3v) is 5.86. The summed E-state index contributed by atoms with van der Waals surface area (Å²) in [5.74, 6) is 0.0236. The fourth-order valence-corrected chi connectivity index (χ4v) is 4.08. The lowest BCUT2D eigenvalue weighted by Crippen LogP contribution is -2.34. The molecule has 2 rings (SSSR count). The van der Waals surface area contributed by atoms with Crippen LogP contribution in [0.25, 0.3) is 0 Å². The Labute approximate surface area is 145 Å². The summed E-state index contributed by atoms with van der Waals surface area (Å²) in [5.41, 5.74) is 2.85. The van der Waals surface area contributed by atoms with Crippen LogP contribution in [-0.2, 0) is 14.8 Å². The summed E-state index contributed by atoms with van der Waals surface area (Å²) >= 11 is 0. The summed E-state index contributed by atoms with van der Waals surface area (Å²) in [6, 6.07) is 5.94. The van der Waals surface area contributed by atoms with Crippen LogP contribution >= 0.6 is 0 Å². The lowest BCUT2D eigenvalue weighted by atomic mass is 10.1. The standard InChI is InChI=1S/C18H28N2O3S/c1-14-10-11-17(13-15(14)2)20(24(3,22)23)12-6-9-18(21)19-16-7-4-5-8-16/h10-11,13,16H,4-9,12H2,1-3H3,(H,19,21). The van der Waals surface area contributed by atoms with E-state index in [-0.39, 0.29) is 5.91 Å². The molecule has 1 fully saturated rings. The molecule has 0 aliphatic heterocycles. The van der Waals surface area contributed by atoms with Crippen LogP contribution in [0.15, 0.2) is 18.2 Å². The van der Waals surface area contributed by atoms with Gasteiger partial charge in [-0.3, -0.25) is 9.10 Å². The number of carbonyl (C=O) groups excluding carboxylic acids is 1. The summed E-state index contributed by atoms with van der Waals surface area (Å²) in [5, 5.41) is 3.04. The minimum absolute atomic E-state index is 0.0236. The van der Waals surface area contributed by atoms with Crippen LogP contribution < -0.4 is 9.62 Å². The molecule has 0 spiro atoms. The van der Waals surface area contributed by atoms with Crippen molar-refractivity contribution in [2.75, 3.05) is 17.1 Å². The zero-order chi connectivity index (χ0) is 17.7. The van der Waals surface area contributed by atoms with Crippen LogP contribution in [0.3, 0.4) is 0 Å². The molecule has 1 aromatic carbocycles. The second-order valence-electron chi connectivity index (χ2n) is 6.76. The molecule has 5 nitrogen and oxygen atoms in total. The Morgan fingerprint density at radius 1 is 1.21 bits per heavy atom. The van der Waals surface area contributed by atoms with E-state index in [9.17, 15) is 13.2 Å². The third kappa shape index (κ3) is 5.23. The van der Waals surface area contributed by atoms with Gasteiger partial charge >= 0.3 is 0 Å². The van der Waals surface area contributed by atoms with E-state index in [0.717, 1.165) is 24.0 Å². The zero-order valence-electron chi connectivity index (χ0n) is 14.8. The van der Waals surface area contributed by atoms with Gasteiger partial charge in [-0.1, -0.05) is 18.9 Å². The van der Waals surface area contributed by atoms with Gasteiger partial charge in [-0.15, -0.1) is 0 Å². The van der Waals surface area contributed by atoms with E-state index in [0.29, 0.717) is 31.1 Å². The second-order valence-corrected chi connectivity index (χ2v) is 8.66. The molecule has 1 N–H and O–H groups in total. The lowest BCUT2D eigenvalue weighted by molar-refractivity contribution is -0.121. The number of anilines is 1. The van der Waals surface area contributed by atoms with Crippen molar-refractivity contribution >= 4 is 21.6 Å². The van der Waals surface area contributed by atoms with E-state index in [1.165, 1.54) is 23.4 Å². The minimum atomic E-state index is -3.37. The summed E-state index contributed by atoms with van der Waals surface area (Å²) in [6.07, 6.45) is 6.56. The Hall–Kier alpha value is -1.56. The van der Waals surface area contributed by atoms with Gasteiger partial charge < -0.3 is 5.32 Å². The van der Waals surface area contributed by atoms with Crippen molar-refractivity contribution in [1.29, 1.82) is 0 Å². The fourth-order valence-electron chi connectivity index (χ4n) is 3.12. The first-order valence-electron chi connectivity index (χ1n) is 8.61. The average Bonchev–Trinajstić information content (AvgIpc) is 2.98. The van der Waals surface area contributed by atoms with Gasteiger partial charge in [0.15, 0.2) is 0 Å². The van der Waals surface area contributed by atoms with E-state index >= 15 is 0 Å². The Morgan fingerprint density at radius 2 is 1.88 bits per heavy atom. The van der Waals surface area contributed by atoms with Crippen molar-refractivity contribution in [2.24, 2.45) is 0 Å². The van der Waals surface area contributed by atoms with E-state index in [2.05, 4.69) is 5.32 Å². The highest BCUT2D eigenvalue weighted by Crippen LogP contribution is 2.22. The molecule has 1 aromatic rings. The number of benzene rings is 1. The highest BCUT2D eigenvalue weighted by Gasteiger charge is 2.20. The maximum absolute atomic E-state index is 12.1. The predicted octanol–water partition coefficient (Wildman–Crippen LogP) is 2.91. The Balaban J connectivity index is 1.94. The van der Waals surface area contributed by atoms with Gasteiger partial charge in [-0.05, 0) is 56.4 Å². The smallest absolute Gasteiger partial charge is 0.232 e. The van der Waals surface area contributed by atoms with Crippen LogP contribution in [0.2, 0.25) is 0 Å². The van der Waals surface area contributed by atoms with Gasteiger partial charge in [0.25, 0.3) is 0 Å². The van der Waals surface area contributed by atoms with E-state index < -0.39 is 10.0 Å². The molecular weight excluding hydrogens is 324 g/mol. The van der Waals surface area contributed by atoms with Gasteiger partial charge in [0.2, 0.25) is 15.9 Å². The van der Waals surface area contributed by atoms with Crippen LogP contribution in [-0.4, -0.2) is 33.2 Å². The summed E-state index contributed by atoms with van der Waals surface area (Å²) in [6.45, 7) is 4.28. The lowest BCUT2D eigenvalue weighted by Gasteiger charge is -2.23. The van der Waals surface area contributed by atoms with Crippen LogP contribution in [0, 0.1) is 13.8 Å². The summed E-state index contributed by atoms with van der Waals surface area (Å²) < 4.78 is 25.6. The van der Waals surface area contributed by atoms with Crippen LogP contribution in [0.5, 0.6) is 0 Å². The van der Waals surface area contributed by atoms with E-state index in [4.69, 9.17) is 0 Å². The third-order valence-electron chi connectivity index (χ3n) is 4.66. The van der Waals surface area contributed by atoms with Crippen molar-refractivity contribution < 1.29 is 13.2 Å². The minimum Gasteiger partial charge on any atom is -0.353 e. The molecule has 134 valence electrons. The van der Waals surface area contributed by atoms with E-state index in [1.54, 1.807) is 0 Å². The van der Waals surface area contributed by atoms with Gasteiger partial charge in [-0.25, -0.2) is 8.42 Å². The second kappa shape index (κ2) is 8.01. The average molecular weight is 353 g/mol. The number of nitrogens with one attached hydrogen (secondary N) is 1. The number of amides is 1. The maximum atomic E-state index is 12.1. The highest BCUT2D eigenvalue weighted by molar-refractivity contribution is 7.92. The highest BCUT2D eigenvalue weighted by atomic mass is 32.2. The number of hydrogen-bond donors (Lipinski definition) is 1. The number of rotatable bonds is 7. The number of carbonyl (C=O) groups is 1. The molecule has 1 aliphatic rings. The SMILES string of the molecule is Cc1ccc(N(CCCC(=O)NC2CCCC2)S(C)(=O)=O)cc1C. The molecule has 0 heterocycles. The normalized spacial score (nSPS) is 15.5. The molecule has 1 aliphatic carbocycles. The first kappa shape index (κ1) is 18.8. The Kier molecular flexibility index (Phi) is 6.27. The molecule has 0 unspecified atom stereocenters. The molecule has 0 aromatic heterocycles. The largest absolute Gasteiger partial charge is 0.353 e. The molecule has 1 saturated carbocycles. The molecule has 0 atom stereocenters. The Bertz CT molecular complexity index is 680. The monoisotopic (exact) mass is 352 g/mol. The molecule has 24 heavy (non-hydrogen) atoms. The molecule has 6 heteroatoms. The van der Waals surface area contributed by atoms with Crippen molar-refractivity contribution in [1.82, 2.24) is 5.32 Å². The number of nitrogens with zero attached hydrogens (tertiary/aromatic N) is 1. The zero-order valence-corrected chi connectivity index (χ0v) is 15.7. The molecular formula is C18H28N2O3S. The van der Waals surface area contributed by atoms with Gasteiger partial charge in [0.05, 0.1) is 11.9 Å². The van der Waals surface area contributed by atoms with Crippen molar-refractivity contribution in [2.45, 2.75) is 58.4 Å². The Morgan fingerprint density at radius 3 is 2.46 bits per heavy atom. The van der Waals surface area contributed by atoms with Crippen molar-refractivity contribution in [3.63, 3.8) is 0 Å². The van der Waals surface area contributed by atoms with Gasteiger partial charge in [0, 0.05) is 19.0 Å². The number of aryl methyl sites for hydroxylation is 2. The summed E-state index contributed by atoms with van der Waals surface area (Å²) in [7, 11) is -3.37. The van der Waals surface area contributed by atoms with Crippen LogP contribution in [0.1, 0.15) is 49.7 Å². The molecule has 0 saturated heterocycles. The van der Waals surface area contributed by atoms with Crippen LogP contribution in [0.4, 0.5) is 5.69 Å². The van der Waals surface area contributed by atoms with Crippen molar-refractivity contribution in [3.8, 4) is 0 Å². The number of sulfonamides is 1. The topological polar surface area (TPSA) is 66.5 Å². The molecule has 1 amide bonds. The maximum Gasteiger partial charge on any atom is 0.232 e. The fraction of sp³-hybridized carbons (Fsp3) is 0.611. The van der Waals surface area contributed by atoms with Gasteiger partial charge in [-0.2, -0.15) is 0 Å². The summed E-state index contributed by atoms with van der Waals surface area (Å²) in [4.78, 5) is 12.0. The van der Waals surface area contributed by atoms with Gasteiger partial charge in [0.1, 0.15) is 0 Å². The van der Waals surface area contributed by atoms with Crippen molar-refractivity contribution in [3.05, 3.63) is 29.3 Å². The number of hydrogen-bond acceptors (Lipinski definition) is 3.